The summed E-state index contributed by atoms with van der Waals surface area (Å²) in [5.74, 6) is 0. The van der Waals surface area contributed by atoms with E-state index in [0.717, 1.165) is 17.0 Å². The maximum atomic E-state index is 4.33. The Morgan fingerprint density at radius 2 is 1.88 bits per heavy atom. The molecule has 0 saturated heterocycles. The van der Waals surface area contributed by atoms with Gasteiger partial charge in [-0.15, -0.1) is 0 Å². The molecule has 0 aliphatic rings. The van der Waals surface area contributed by atoms with Gasteiger partial charge in [-0.2, -0.15) is 5.10 Å². The van der Waals surface area contributed by atoms with Crippen LogP contribution in [0.1, 0.15) is 25.1 Å². The van der Waals surface area contributed by atoms with Gasteiger partial charge in [0, 0.05) is 24.5 Å². The molecule has 3 nitrogen and oxygen atoms in total. The Kier molecular flexibility index (Phi) is 4.23. The lowest BCUT2D eigenvalue weighted by Gasteiger charge is -2.00. The van der Waals surface area contributed by atoms with E-state index in [0.29, 0.717) is 0 Å². The van der Waals surface area contributed by atoms with Gasteiger partial charge in [-0.3, -0.25) is 9.67 Å². The van der Waals surface area contributed by atoms with Crippen molar-refractivity contribution in [3.8, 4) is 11.3 Å². The summed E-state index contributed by atoms with van der Waals surface area (Å²) in [6, 6.07) is 4.07. The molecular formula is C13H19N3. The van der Waals surface area contributed by atoms with Crippen LogP contribution in [-0.4, -0.2) is 14.8 Å². The second-order valence-corrected chi connectivity index (χ2v) is 3.49. The fourth-order valence-corrected chi connectivity index (χ4v) is 1.43. The summed E-state index contributed by atoms with van der Waals surface area (Å²) < 4.78 is 1.86. The van der Waals surface area contributed by atoms with Crippen LogP contribution in [0, 0.1) is 13.8 Å². The summed E-state index contributed by atoms with van der Waals surface area (Å²) in [5.41, 5.74) is 4.47. The first-order chi connectivity index (χ1) is 7.68. The minimum Gasteiger partial charge on any atom is -0.272 e. The summed E-state index contributed by atoms with van der Waals surface area (Å²) in [5, 5.41) is 4.20. The van der Waals surface area contributed by atoms with E-state index >= 15 is 0 Å². The second kappa shape index (κ2) is 5.45. The molecule has 0 aliphatic carbocycles. The first kappa shape index (κ1) is 12.4. The van der Waals surface area contributed by atoms with E-state index in [9.17, 15) is 0 Å². The Morgan fingerprint density at radius 3 is 2.38 bits per heavy atom. The van der Waals surface area contributed by atoms with Gasteiger partial charge in [0.1, 0.15) is 0 Å². The highest BCUT2D eigenvalue weighted by Gasteiger charge is 2.06. The molecule has 0 saturated carbocycles. The smallest absolute Gasteiger partial charge is 0.0738 e. The number of pyridine rings is 1. The molecule has 2 aromatic heterocycles. The molecule has 0 aromatic carbocycles. The minimum absolute atomic E-state index is 0.996. The predicted molar refractivity (Wildman–Crippen MR) is 67.3 cm³/mol. The van der Waals surface area contributed by atoms with Gasteiger partial charge in [0.25, 0.3) is 0 Å². The molecule has 0 spiro atoms. The Morgan fingerprint density at radius 1 is 1.19 bits per heavy atom. The number of hydrogen-bond donors (Lipinski definition) is 0. The summed E-state index contributed by atoms with van der Waals surface area (Å²) in [4.78, 5) is 4.33. The van der Waals surface area contributed by atoms with Gasteiger partial charge in [0.2, 0.25) is 0 Å². The largest absolute Gasteiger partial charge is 0.272 e. The average Bonchev–Trinajstić information content (AvgIpc) is 2.63. The molecule has 0 amide bonds. The van der Waals surface area contributed by atoms with E-state index in [1.165, 1.54) is 5.56 Å². The minimum atomic E-state index is 0.996. The first-order valence-electron chi connectivity index (χ1n) is 5.60. The summed E-state index contributed by atoms with van der Waals surface area (Å²) >= 11 is 0. The highest BCUT2D eigenvalue weighted by Crippen LogP contribution is 2.20. The molecule has 16 heavy (non-hydrogen) atoms. The van der Waals surface area contributed by atoms with Crippen molar-refractivity contribution in [1.82, 2.24) is 14.8 Å². The Bertz CT molecular complexity index is 458. The van der Waals surface area contributed by atoms with E-state index in [2.05, 4.69) is 23.1 Å². The van der Waals surface area contributed by atoms with Gasteiger partial charge in [-0.25, -0.2) is 0 Å². The van der Waals surface area contributed by atoms with Gasteiger partial charge in [-0.05, 0) is 31.5 Å². The summed E-state index contributed by atoms with van der Waals surface area (Å²) in [6.45, 7) is 8.11. The lowest BCUT2D eigenvalue weighted by Crippen LogP contribution is -1.93. The molecular weight excluding hydrogens is 198 g/mol. The normalized spacial score (nSPS) is 9.56. The van der Waals surface area contributed by atoms with Crippen LogP contribution in [0.3, 0.4) is 0 Å². The lowest BCUT2D eigenvalue weighted by molar-refractivity contribution is 0.740. The van der Waals surface area contributed by atoms with Crippen LogP contribution in [-0.2, 0) is 7.05 Å². The van der Waals surface area contributed by atoms with Crippen LogP contribution in [0.2, 0.25) is 0 Å². The maximum absolute atomic E-state index is 4.33. The van der Waals surface area contributed by atoms with Gasteiger partial charge in [-0.1, -0.05) is 13.8 Å². The van der Waals surface area contributed by atoms with E-state index in [4.69, 9.17) is 0 Å². The quantitative estimate of drug-likeness (QED) is 0.734. The second-order valence-electron chi connectivity index (χ2n) is 3.49. The van der Waals surface area contributed by atoms with Gasteiger partial charge in [0.15, 0.2) is 0 Å². The Balaban J connectivity index is 0.000000606. The van der Waals surface area contributed by atoms with Gasteiger partial charge < -0.3 is 0 Å². The van der Waals surface area contributed by atoms with Crippen molar-refractivity contribution in [1.29, 1.82) is 0 Å². The monoisotopic (exact) mass is 217 g/mol. The standard InChI is InChI=1S/C11H13N3.C2H6/c1-8-4-5-12-11(6-8)10-7-13-14(3)9(10)2;1-2/h4-7H,1-3H3;1-2H3. The number of nitrogens with zero attached hydrogens (tertiary/aromatic N) is 3. The average molecular weight is 217 g/mol. The van der Waals surface area contributed by atoms with Crippen LogP contribution in [0.5, 0.6) is 0 Å². The van der Waals surface area contributed by atoms with Crippen molar-refractivity contribution < 1.29 is 0 Å². The Labute approximate surface area is 97.1 Å². The van der Waals surface area contributed by atoms with Crippen molar-refractivity contribution in [2.45, 2.75) is 27.7 Å². The molecule has 0 fully saturated rings. The molecule has 2 rings (SSSR count). The van der Waals surface area contributed by atoms with E-state index < -0.39 is 0 Å². The predicted octanol–water partition coefficient (Wildman–Crippen LogP) is 3.13. The zero-order valence-electron chi connectivity index (χ0n) is 10.7. The highest BCUT2D eigenvalue weighted by atomic mass is 15.3. The molecule has 0 bridgehead atoms. The van der Waals surface area contributed by atoms with Crippen molar-refractivity contribution >= 4 is 0 Å². The third-order valence-corrected chi connectivity index (χ3v) is 2.43. The fourth-order valence-electron chi connectivity index (χ4n) is 1.43. The van der Waals surface area contributed by atoms with Crippen LogP contribution < -0.4 is 0 Å². The van der Waals surface area contributed by atoms with Crippen molar-refractivity contribution in [3.05, 3.63) is 35.8 Å². The van der Waals surface area contributed by atoms with Crippen LogP contribution in [0.4, 0.5) is 0 Å². The molecule has 2 aromatic rings. The highest BCUT2D eigenvalue weighted by molar-refractivity contribution is 5.61. The Hall–Kier alpha value is -1.64. The third kappa shape index (κ3) is 2.48. The van der Waals surface area contributed by atoms with Crippen LogP contribution in [0.15, 0.2) is 24.5 Å². The van der Waals surface area contributed by atoms with Gasteiger partial charge >= 0.3 is 0 Å². The molecule has 2 heterocycles. The number of aromatic nitrogens is 3. The van der Waals surface area contributed by atoms with Crippen LogP contribution in [0.25, 0.3) is 11.3 Å². The van der Waals surface area contributed by atoms with Crippen molar-refractivity contribution in [3.63, 3.8) is 0 Å². The topological polar surface area (TPSA) is 30.7 Å². The summed E-state index contributed by atoms with van der Waals surface area (Å²) in [6.07, 6.45) is 3.69. The van der Waals surface area contributed by atoms with Gasteiger partial charge in [0.05, 0.1) is 11.9 Å². The van der Waals surface area contributed by atoms with Crippen molar-refractivity contribution in [2.75, 3.05) is 0 Å². The zero-order chi connectivity index (χ0) is 12.1. The maximum Gasteiger partial charge on any atom is 0.0738 e. The van der Waals surface area contributed by atoms with E-state index in [-0.39, 0.29) is 0 Å². The fraction of sp³-hybridized carbons (Fsp3) is 0.385. The lowest BCUT2D eigenvalue weighted by atomic mass is 10.1. The van der Waals surface area contributed by atoms with Crippen molar-refractivity contribution in [2.24, 2.45) is 7.05 Å². The SMILES string of the molecule is CC.Cc1ccnc(-c2cnn(C)c2C)c1. The molecule has 0 N–H and O–H groups in total. The summed E-state index contributed by atoms with van der Waals surface area (Å²) in [7, 11) is 1.94. The van der Waals surface area contributed by atoms with E-state index in [1.54, 1.807) is 0 Å². The number of rotatable bonds is 1. The molecule has 0 radical (unpaired) electrons. The van der Waals surface area contributed by atoms with Crippen LogP contribution >= 0.6 is 0 Å². The molecule has 0 unspecified atom stereocenters. The first-order valence-corrected chi connectivity index (χ1v) is 5.60. The van der Waals surface area contributed by atoms with E-state index in [1.807, 2.05) is 51.0 Å². The molecule has 0 atom stereocenters. The molecule has 0 aliphatic heterocycles. The molecule has 86 valence electrons. The number of hydrogen-bond acceptors (Lipinski definition) is 2. The zero-order valence-corrected chi connectivity index (χ0v) is 10.7. The number of aryl methyl sites for hydroxylation is 2. The third-order valence-electron chi connectivity index (χ3n) is 2.43. The molecule has 3 heteroatoms.